The Bertz CT molecular complexity index is 1040. The van der Waals surface area contributed by atoms with Gasteiger partial charge in [0.1, 0.15) is 6.29 Å². The van der Waals surface area contributed by atoms with Crippen LogP contribution in [-0.4, -0.2) is 84.9 Å². The summed E-state index contributed by atoms with van der Waals surface area (Å²) in [4.78, 5) is 73.2. The van der Waals surface area contributed by atoms with Crippen molar-refractivity contribution in [3.63, 3.8) is 0 Å². The predicted molar refractivity (Wildman–Crippen MR) is 197 cm³/mol. The van der Waals surface area contributed by atoms with E-state index >= 15 is 0 Å². The number of likely N-dealkylation sites (N-methyl/N-ethyl adjacent to an activating group) is 1. The monoisotopic (exact) mass is 692 g/mol. The van der Waals surface area contributed by atoms with Gasteiger partial charge in [0, 0.05) is 12.5 Å². The number of Topliss-reactive ketones (excluding diaryl/α,β-unsaturated/α-hetero) is 2. The van der Waals surface area contributed by atoms with E-state index in [-0.39, 0.29) is 41.5 Å². The summed E-state index contributed by atoms with van der Waals surface area (Å²) in [5, 5.41) is 10.6. The van der Waals surface area contributed by atoms with Gasteiger partial charge in [-0.3, -0.25) is 24.1 Å². The molecule has 4 atom stereocenters. The van der Waals surface area contributed by atoms with Gasteiger partial charge < -0.3 is 26.1 Å². The van der Waals surface area contributed by atoms with Crippen molar-refractivity contribution in [1.82, 2.24) is 26.2 Å². The van der Waals surface area contributed by atoms with Crippen LogP contribution in [-0.2, 0) is 24.0 Å². The fraction of sp³-hybridized carbons (Fsp3) is 0.789. The van der Waals surface area contributed by atoms with Gasteiger partial charge in [0.05, 0.1) is 24.2 Å². The number of hydrogen-bond acceptors (Lipinski definition) is 7. The lowest BCUT2D eigenvalue weighted by Crippen LogP contribution is -2.55. The molecule has 2 aliphatic carbocycles. The highest BCUT2D eigenvalue weighted by atomic mass is 16.2. The predicted octanol–water partition coefficient (Wildman–Crippen LogP) is 5.36. The lowest BCUT2D eigenvalue weighted by molar-refractivity contribution is -0.140. The van der Waals surface area contributed by atoms with Gasteiger partial charge in [-0.1, -0.05) is 87.1 Å². The normalized spacial score (nSPS) is 19.4. The number of nitrogens with zero attached hydrogens (tertiary/aromatic N) is 1. The van der Waals surface area contributed by atoms with Crippen LogP contribution in [0.15, 0.2) is 12.7 Å². The number of urea groups is 1. The topological polar surface area (TPSA) is 154 Å². The molecule has 11 heteroatoms. The van der Waals surface area contributed by atoms with Gasteiger partial charge in [-0.15, -0.1) is 6.58 Å². The van der Waals surface area contributed by atoms with Gasteiger partial charge in [0.2, 0.25) is 11.7 Å². The maximum atomic E-state index is 12.6. The SMILES string of the molecule is C=CCNC(=O)C(=O)C(C)NC(=O)C1CCCN1C.CC(C)(C)C(C=O)NC(=O)NC(C(=O)C1CC1)C1CCCCC1.CC(C)C.CCC. The van der Waals surface area contributed by atoms with Crippen LogP contribution in [0.4, 0.5) is 4.79 Å². The second-order valence-electron chi connectivity index (χ2n) is 15.3. The highest BCUT2D eigenvalue weighted by Crippen LogP contribution is 2.35. The molecule has 1 heterocycles. The zero-order valence-electron chi connectivity index (χ0n) is 32.3. The van der Waals surface area contributed by atoms with Crippen molar-refractivity contribution >= 4 is 35.7 Å². The van der Waals surface area contributed by atoms with E-state index in [0.717, 1.165) is 70.1 Å². The first-order valence-corrected chi connectivity index (χ1v) is 18.4. The molecule has 4 amide bonds. The number of amides is 4. The van der Waals surface area contributed by atoms with E-state index in [4.69, 9.17) is 0 Å². The number of rotatable bonds is 12. The maximum Gasteiger partial charge on any atom is 0.315 e. The summed E-state index contributed by atoms with van der Waals surface area (Å²) in [7, 11) is 1.88. The molecule has 3 fully saturated rings. The molecule has 0 aromatic rings. The van der Waals surface area contributed by atoms with Crippen LogP contribution in [0.25, 0.3) is 0 Å². The molecule has 0 radical (unpaired) electrons. The van der Waals surface area contributed by atoms with Crippen molar-refractivity contribution in [2.24, 2.45) is 23.2 Å². The lowest BCUT2D eigenvalue weighted by atomic mass is 9.81. The van der Waals surface area contributed by atoms with E-state index < -0.39 is 35.8 Å². The Morgan fingerprint density at radius 3 is 1.84 bits per heavy atom. The summed E-state index contributed by atoms with van der Waals surface area (Å²) in [6, 6.07) is -2.37. The van der Waals surface area contributed by atoms with E-state index in [0.29, 0.717) is 0 Å². The van der Waals surface area contributed by atoms with Gasteiger partial charge in [-0.25, -0.2) is 4.79 Å². The van der Waals surface area contributed by atoms with Gasteiger partial charge in [0.25, 0.3) is 5.91 Å². The Morgan fingerprint density at radius 1 is 0.857 bits per heavy atom. The number of nitrogens with one attached hydrogen (secondary N) is 4. The molecule has 282 valence electrons. The minimum Gasteiger partial charge on any atom is -0.346 e. The van der Waals surface area contributed by atoms with Crippen LogP contribution in [0, 0.1) is 23.2 Å². The Morgan fingerprint density at radius 2 is 1.41 bits per heavy atom. The minimum absolute atomic E-state index is 0.131. The van der Waals surface area contributed by atoms with Crippen molar-refractivity contribution in [3.05, 3.63) is 12.7 Å². The van der Waals surface area contributed by atoms with E-state index in [9.17, 15) is 28.8 Å². The molecule has 3 aliphatic rings. The highest BCUT2D eigenvalue weighted by Gasteiger charge is 2.40. The van der Waals surface area contributed by atoms with Crippen LogP contribution in [0.3, 0.4) is 0 Å². The first-order valence-electron chi connectivity index (χ1n) is 18.4. The van der Waals surface area contributed by atoms with E-state index in [2.05, 4.69) is 62.5 Å². The standard InChI is InChI=1S/C18H30N2O3.C13H21N3O3.C4H10.C3H8/c1-18(2,3)14(11-21)19-17(23)20-15(16(22)13-9-10-13)12-7-5-4-6-8-12;1-4-7-14-13(19)11(17)9(2)15-12(18)10-6-5-8-16(10)3;1-4(2)3;1-3-2/h11-15H,4-10H2,1-3H3,(H2,19,20,23);4,9-10H,1,5-8H2,2-3H3,(H,14,19)(H,15,18);4H,1-3H3;3H2,1-2H3. The fourth-order valence-electron chi connectivity index (χ4n) is 5.35. The average Bonchev–Trinajstić information content (AvgIpc) is 3.80. The van der Waals surface area contributed by atoms with Crippen LogP contribution >= 0.6 is 0 Å². The fourth-order valence-corrected chi connectivity index (χ4v) is 5.35. The van der Waals surface area contributed by atoms with Crippen molar-refractivity contribution in [2.45, 2.75) is 151 Å². The molecule has 49 heavy (non-hydrogen) atoms. The minimum atomic E-state index is -0.814. The summed E-state index contributed by atoms with van der Waals surface area (Å²) < 4.78 is 0. The largest absolute Gasteiger partial charge is 0.346 e. The molecule has 1 aliphatic heterocycles. The second kappa shape index (κ2) is 24.1. The van der Waals surface area contributed by atoms with Gasteiger partial charge in [-0.2, -0.15) is 0 Å². The van der Waals surface area contributed by atoms with Gasteiger partial charge in [0.15, 0.2) is 5.78 Å². The number of carbonyl (C=O) groups excluding carboxylic acids is 6. The van der Waals surface area contributed by atoms with Crippen LogP contribution in [0.1, 0.15) is 127 Å². The van der Waals surface area contributed by atoms with E-state index in [1.165, 1.54) is 25.8 Å². The molecule has 0 aromatic carbocycles. The first-order chi connectivity index (χ1) is 22.9. The Kier molecular flexibility index (Phi) is 22.6. The number of aldehydes is 1. The second-order valence-corrected chi connectivity index (χ2v) is 15.3. The third-order valence-electron chi connectivity index (χ3n) is 8.26. The lowest BCUT2D eigenvalue weighted by Gasteiger charge is -2.32. The highest BCUT2D eigenvalue weighted by molar-refractivity contribution is 6.38. The van der Waals surface area contributed by atoms with Crippen molar-refractivity contribution in [1.29, 1.82) is 0 Å². The summed E-state index contributed by atoms with van der Waals surface area (Å²) in [6.07, 6.45) is 12.6. The number of likely N-dealkylation sites (tertiary alicyclic amines) is 1. The molecule has 4 N–H and O–H groups in total. The molecule has 3 rings (SSSR count). The van der Waals surface area contributed by atoms with Crippen molar-refractivity contribution in [3.8, 4) is 0 Å². The molecule has 0 bridgehead atoms. The molecule has 2 saturated carbocycles. The van der Waals surface area contributed by atoms with Crippen molar-refractivity contribution in [2.75, 3.05) is 20.1 Å². The van der Waals surface area contributed by atoms with Gasteiger partial charge >= 0.3 is 6.03 Å². The number of hydrogen-bond donors (Lipinski definition) is 4. The Hall–Kier alpha value is -3.08. The third-order valence-corrected chi connectivity index (χ3v) is 8.26. The zero-order valence-corrected chi connectivity index (χ0v) is 32.3. The molecule has 4 unspecified atom stereocenters. The average molecular weight is 692 g/mol. The van der Waals surface area contributed by atoms with Crippen molar-refractivity contribution < 1.29 is 28.8 Å². The molecule has 1 saturated heterocycles. The summed E-state index contributed by atoms with van der Waals surface area (Å²) in [5.41, 5.74) is -0.347. The quantitative estimate of drug-likeness (QED) is 0.122. The van der Waals surface area contributed by atoms with Crippen LogP contribution in [0.5, 0.6) is 0 Å². The van der Waals surface area contributed by atoms with Gasteiger partial charge in [-0.05, 0) is 76.3 Å². The third kappa shape index (κ3) is 19.0. The smallest absolute Gasteiger partial charge is 0.315 e. The Labute approximate surface area is 296 Å². The Balaban J connectivity index is 0.000000800. The molecular formula is C38H69N5O6. The molecular weight excluding hydrogens is 622 g/mol. The molecule has 0 spiro atoms. The summed E-state index contributed by atoms with van der Waals surface area (Å²) in [5.74, 6) is -0.148. The van der Waals surface area contributed by atoms with E-state index in [1.54, 1.807) is 0 Å². The first kappa shape index (κ1) is 45.9. The summed E-state index contributed by atoms with van der Waals surface area (Å²) >= 11 is 0. The molecule has 0 aromatic heterocycles. The zero-order chi connectivity index (χ0) is 37.7. The van der Waals surface area contributed by atoms with Crippen LogP contribution in [0.2, 0.25) is 0 Å². The summed E-state index contributed by atoms with van der Waals surface area (Å²) in [6.45, 7) is 22.5. The molecule has 11 nitrogen and oxygen atoms in total. The van der Waals surface area contributed by atoms with Crippen LogP contribution < -0.4 is 21.3 Å². The number of carbonyl (C=O) groups is 6. The van der Waals surface area contributed by atoms with E-state index in [1.807, 2.05) is 32.7 Å². The maximum absolute atomic E-state index is 12.6. The number of ketones is 2.